The van der Waals surface area contributed by atoms with Crippen LogP contribution in [0.1, 0.15) is 46.7 Å². The Bertz CT molecular complexity index is 1040. The number of piperidine rings is 1. The number of rotatable bonds is 6. The number of carbonyl (C=O) groups excluding carboxylic acids is 1. The summed E-state index contributed by atoms with van der Waals surface area (Å²) in [6.45, 7) is 5.58. The van der Waals surface area contributed by atoms with Crippen molar-refractivity contribution < 1.29 is 9.53 Å². The average Bonchev–Trinajstić information content (AvgIpc) is 3.36. The van der Waals surface area contributed by atoms with Crippen LogP contribution in [0.5, 0.6) is 5.75 Å². The number of aromatic nitrogens is 4. The maximum absolute atomic E-state index is 13.0. The summed E-state index contributed by atoms with van der Waals surface area (Å²) in [7, 11) is 3.61. The normalized spacial score (nSPS) is 14.8. The molecule has 1 aromatic carbocycles. The van der Waals surface area contributed by atoms with Gasteiger partial charge in [0.2, 0.25) is 0 Å². The molecule has 1 aliphatic heterocycles. The molecule has 1 saturated heterocycles. The molecule has 164 valence electrons. The Balaban J connectivity index is 1.31. The zero-order chi connectivity index (χ0) is 22.0. The molecule has 1 aliphatic rings. The summed E-state index contributed by atoms with van der Waals surface area (Å²) in [4.78, 5) is 14.9. The van der Waals surface area contributed by atoms with Crippen molar-refractivity contribution >= 4 is 5.91 Å². The number of benzene rings is 1. The van der Waals surface area contributed by atoms with Crippen LogP contribution in [0.2, 0.25) is 0 Å². The number of nitrogens with zero attached hydrogens (tertiary/aromatic N) is 4. The van der Waals surface area contributed by atoms with E-state index in [2.05, 4.69) is 27.4 Å². The molecule has 0 aliphatic carbocycles. The first-order valence-corrected chi connectivity index (χ1v) is 10.9. The molecule has 7 heteroatoms. The van der Waals surface area contributed by atoms with Crippen LogP contribution >= 0.6 is 0 Å². The fraction of sp³-hybridized carbons (Fsp3) is 0.458. The fourth-order valence-corrected chi connectivity index (χ4v) is 4.46. The number of amides is 1. The fourth-order valence-electron chi connectivity index (χ4n) is 4.46. The van der Waals surface area contributed by atoms with Crippen molar-refractivity contribution in [1.29, 1.82) is 0 Å². The third-order valence-corrected chi connectivity index (χ3v) is 6.48. The second-order valence-corrected chi connectivity index (χ2v) is 8.46. The lowest BCUT2D eigenvalue weighted by atomic mass is 9.90. The largest absolute Gasteiger partial charge is 0.497 e. The van der Waals surface area contributed by atoms with E-state index in [4.69, 9.17) is 4.74 Å². The smallest absolute Gasteiger partial charge is 0.271 e. The lowest BCUT2D eigenvalue weighted by Crippen LogP contribution is -2.38. The molecular weight excluding hydrogens is 390 g/mol. The van der Waals surface area contributed by atoms with Gasteiger partial charge in [0, 0.05) is 31.4 Å². The van der Waals surface area contributed by atoms with E-state index in [1.54, 1.807) is 7.11 Å². The zero-order valence-electron chi connectivity index (χ0n) is 18.8. The highest BCUT2D eigenvalue weighted by Crippen LogP contribution is 2.27. The number of aryl methyl sites for hydroxylation is 3. The van der Waals surface area contributed by atoms with Gasteiger partial charge in [0.1, 0.15) is 11.4 Å². The minimum Gasteiger partial charge on any atom is -0.497 e. The molecule has 0 saturated carbocycles. The highest BCUT2D eigenvalue weighted by molar-refractivity contribution is 5.93. The van der Waals surface area contributed by atoms with Crippen LogP contribution in [-0.2, 0) is 13.5 Å². The van der Waals surface area contributed by atoms with Crippen LogP contribution in [0.15, 0.2) is 30.3 Å². The third kappa shape index (κ3) is 4.50. The van der Waals surface area contributed by atoms with Crippen LogP contribution in [0.25, 0.3) is 11.3 Å². The molecule has 1 amide bonds. The Morgan fingerprint density at radius 1 is 1.19 bits per heavy atom. The Morgan fingerprint density at radius 3 is 2.52 bits per heavy atom. The molecule has 2 aromatic heterocycles. The van der Waals surface area contributed by atoms with Crippen molar-refractivity contribution in [3.05, 3.63) is 53.0 Å². The van der Waals surface area contributed by atoms with E-state index in [-0.39, 0.29) is 5.91 Å². The number of hydrogen-bond donors (Lipinski definition) is 1. The molecule has 3 aromatic rings. The van der Waals surface area contributed by atoms with Gasteiger partial charge in [-0.05, 0) is 69.2 Å². The van der Waals surface area contributed by atoms with Gasteiger partial charge in [0.05, 0.1) is 18.5 Å². The summed E-state index contributed by atoms with van der Waals surface area (Å²) in [6, 6.07) is 10.2. The van der Waals surface area contributed by atoms with E-state index in [1.165, 1.54) is 5.56 Å². The molecule has 4 rings (SSSR count). The maximum Gasteiger partial charge on any atom is 0.271 e. The van der Waals surface area contributed by atoms with Gasteiger partial charge in [0.15, 0.2) is 0 Å². The number of methoxy groups -OCH3 is 1. The summed E-state index contributed by atoms with van der Waals surface area (Å²) in [5.41, 5.74) is 5.62. The van der Waals surface area contributed by atoms with Gasteiger partial charge in [-0.1, -0.05) is 12.1 Å². The zero-order valence-corrected chi connectivity index (χ0v) is 18.8. The molecule has 0 unspecified atom stereocenters. The van der Waals surface area contributed by atoms with Crippen LogP contribution in [0.4, 0.5) is 0 Å². The van der Waals surface area contributed by atoms with E-state index in [9.17, 15) is 4.79 Å². The molecule has 0 atom stereocenters. The number of hydrogen-bond acceptors (Lipinski definition) is 4. The minimum absolute atomic E-state index is 0.0338. The van der Waals surface area contributed by atoms with E-state index in [1.807, 2.05) is 48.7 Å². The summed E-state index contributed by atoms with van der Waals surface area (Å²) in [5, 5.41) is 11.8. The second kappa shape index (κ2) is 8.96. The van der Waals surface area contributed by atoms with Gasteiger partial charge < -0.3 is 9.64 Å². The van der Waals surface area contributed by atoms with Crippen molar-refractivity contribution in [3.8, 4) is 17.0 Å². The van der Waals surface area contributed by atoms with Crippen molar-refractivity contribution in [2.45, 2.75) is 39.5 Å². The van der Waals surface area contributed by atoms with Crippen molar-refractivity contribution in [3.63, 3.8) is 0 Å². The van der Waals surface area contributed by atoms with Crippen LogP contribution in [0, 0.1) is 19.8 Å². The number of carbonyl (C=O) groups is 1. The Kier molecular flexibility index (Phi) is 6.11. The number of nitrogens with one attached hydrogen (secondary N) is 1. The topological polar surface area (TPSA) is 76.0 Å². The second-order valence-electron chi connectivity index (χ2n) is 8.46. The average molecular weight is 422 g/mol. The molecule has 3 heterocycles. The highest BCUT2D eigenvalue weighted by Gasteiger charge is 2.25. The van der Waals surface area contributed by atoms with Crippen LogP contribution in [-0.4, -0.2) is 51.0 Å². The first-order chi connectivity index (χ1) is 15.0. The van der Waals surface area contributed by atoms with Gasteiger partial charge >= 0.3 is 0 Å². The van der Waals surface area contributed by atoms with E-state index >= 15 is 0 Å². The lowest BCUT2D eigenvalue weighted by Gasteiger charge is -2.31. The monoisotopic (exact) mass is 421 g/mol. The van der Waals surface area contributed by atoms with E-state index in [0.29, 0.717) is 11.6 Å². The number of H-pyrrole nitrogens is 1. The Morgan fingerprint density at radius 2 is 1.90 bits per heavy atom. The van der Waals surface area contributed by atoms with Gasteiger partial charge in [0.25, 0.3) is 5.91 Å². The van der Waals surface area contributed by atoms with E-state index in [0.717, 1.165) is 67.2 Å². The number of aromatic amines is 1. The standard InChI is InChI=1S/C24H31N5O2/c1-16-23(17(2)28(3)27-16)21-15-22(26-25-21)24(30)29-13-11-19(12-14-29)6-5-18-7-9-20(31-4)10-8-18/h7-10,15,19H,5-6,11-14H2,1-4H3,(H,25,26). The predicted molar refractivity (Wildman–Crippen MR) is 120 cm³/mol. The first-order valence-electron chi connectivity index (χ1n) is 10.9. The van der Waals surface area contributed by atoms with Crippen molar-refractivity contribution in [1.82, 2.24) is 24.9 Å². The molecule has 7 nitrogen and oxygen atoms in total. The van der Waals surface area contributed by atoms with Crippen LogP contribution < -0.4 is 4.74 Å². The molecule has 1 fully saturated rings. The predicted octanol–water partition coefficient (Wildman–Crippen LogP) is 3.92. The maximum atomic E-state index is 13.0. The first kappa shape index (κ1) is 21.2. The van der Waals surface area contributed by atoms with Gasteiger partial charge in [-0.15, -0.1) is 0 Å². The third-order valence-electron chi connectivity index (χ3n) is 6.48. The molecule has 0 spiro atoms. The van der Waals surface area contributed by atoms with Gasteiger partial charge in [-0.25, -0.2) is 0 Å². The molecular formula is C24H31N5O2. The molecule has 1 N–H and O–H groups in total. The Labute approximate surface area is 183 Å². The molecule has 31 heavy (non-hydrogen) atoms. The summed E-state index contributed by atoms with van der Waals surface area (Å²) in [5.74, 6) is 1.59. The van der Waals surface area contributed by atoms with Gasteiger partial charge in [-0.3, -0.25) is 14.6 Å². The molecule has 0 radical (unpaired) electrons. The summed E-state index contributed by atoms with van der Waals surface area (Å²) >= 11 is 0. The lowest BCUT2D eigenvalue weighted by molar-refractivity contribution is 0.0681. The van der Waals surface area contributed by atoms with Crippen molar-refractivity contribution in [2.24, 2.45) is 13.0 Å². The Hall–Kier alpha value is -3.09. The number of likely N-dealkylation sites (tertiary alicyclic amines) is 1. The van der Waals surface area contributed by atoms with Crippen molar-refractivity contribution in [2.75, 3.05) is 20.2 Å². The van der Waals surface area contributed by atoms with Gasteiger partial charge in [-0.2, -0.15) is 10.2 Å². The quantitative estimate of drug-likeness (QED) is 0.654. The highest BCUT2D eigenvalue weighted by atomic mass is 16.5. The SMILES string of the molecule is COc1ccc(CCC2CCN(C(=O)c3cc(-c4c(C)nn(C)c4C)n[nH]3)CC2)cc1. The summed E-state index contributed by atoms with van der Waals surface area (Å²) < 4.78 is 7.07. The minimum atomic E-state index is 0.0338. The summed E-state index contributed by atoms with van der Waals surface area (Å²) in [6.07, 6.45) is 4.31. The van der Waals surface area contributed by atoms with Crippen LogP contribution in [0.3, 0.4) is 0 Å². The van der Waals surface area contributed by atoms with E-state index < -0.39 is 0 Å². The molecule has 0 bridgehead atoms. The number of ether oxygens (including phenoxy) is 1.